The van der Waals surface area contributed by atoms with Gasteiger partial charge in [0.25, 0.3) is 5.56 Å². The zero-order valence-corrected chi connectivity index (χ0v) is 16.6. The number of phenolic OH excluding ortho intramolecular Hbond substituents is 1. The van der Waals surface area contributed by atoms with Gasteiger partial charge in [-0.15, -0.1) is 5.10 Å². The second kappa shape index (κ2) is 7.50. The number of rotatable bonds is 3. The highest BCUT2D eigenvalue weighted by Gasteiger charge is 2.21. The monoisotopic (exact) mass is 411 g/mol. The van der Waals surface area contributed by atoms with E-state index in [1.54, 1.807) is 28.8 Å². The average Bonchev–Trinajstić information content (AvgIpc) is 3.10. The Hall–Kier alpha value is -3.90. The van der Waals surface area contributed by atoms with Crippen LogP contribution in [0.5, 0.6) is 5.75 Å². The minimum absolute atomic E-state index is 0.143. The predicted molar refractivity (Wildman–Crippen MR) is 119 cm³/mol. The molecule has 5 rings (SSSR count). The van der Waals surface area contributed by atoms with E-state index in [4.69, 9.17) is 0 Å². The van der Waals surface area contributed by atoms with Crippen molar-refractivity contribution in [2.24, 2.45) is 5.10 Å². The van der Waals surface area contributed by atoms with Crippen LogP contribution in [0.4, 0.5) is 0 Å². The first-order valence-electron chi connectivity index (χ1n) is 9.42. The Morgan fingerprint density at radius 2 is 1.60 bits per heavy atom. The Balaban J connectivity index is 1.78. The largest absolute Gasteiger partial charge is 0.508 e. The molecular weight excluding hydrogens is 394 g/mol. The first kappa shape index (κ1) is 18.1. The number of nitrogens with one attached hydrogen (secondary N) is 1. The maximum atomic E-state index is 13.4. The highest BCUT2D eigenvalue weighted by Crippen LogP contribution is 2.25. The van der Waals surface area contributed by atoms with Crippen molar-refractivity contribution in [1.82, 2.24) is 9.99 Å². The molecule has 0 bridgehead atoms. The summed E-state index contributed by atoms with van der Waals surface area (Å²) in [6.07, 6.45) is 1.78. The SMILES string of the molecule is O=c1/c(=C/c2cccc(O)c2)sc2n1C(c1ccccc1)=C(c1ccccc1)NN=2. The van der Waals surface area contributed by atoms with Crippen molar-refractivity contribution in [3.63, 3.8) is 0 Å². The topological polar surface area (TPSA) is 66.6 Å². The third-order valence-corrected chi connectivity index (χ3v) is 5.78. The van der Waals surface area contributed by atoms with Gasteiger partial charge in [0.1, 0.15) is 5.75 Å². The molecule has 30 heavy (non-hydrogen) atoms. The van der Waals surface area contributed by atoms with Crippen LogP contribution in [-0.2, 0) is 0 Å². The highest BCUT2D eigenvalue weighted by molar-refractivity contribution is 7.07. The molecule has 0 saturated heterocycles. The van der Waals surface area contributed by atoms with Gasteiger partial charge >= 0.3 is 0 Å². The van der Waals surface area contributed by atoms with Crippen molar-refractivity contribution < 1.29 is 5.11 Å². The van der Waals surface area contributed by atoms with Crippen molar-refractivity contribution >= 4 is 28.8 Å². The lowest BCUT2D eigenvalue weighted by Crippen LogP contribution is -2.36. The molecular formula is C24H17N3O2S. The number of aromatic hydroxyl groups is 1. The number of thiazole rings is 1. The van der Waals surface area contributed by atoms with Gasteiger partial charge in [-0.1, -0.05) is 84.1 Å². The highest BCUT2D eigenvalue weighted by atomic mass is 32.1. The Labute approximate surface area is 176 Å². The Morgan fingerprint density at radius 1 is 0.900 bits per heavy atom. The summed E-state index contributed by atoms with van der Waals surface area (Å²) in [5.74, 6) is 0.160. The van der Waals surface area contributed by atoms with Gasteiger partial charge in [-0.2, -0.15) is 0 Å². The first-order chi connectivity index (χ1) is 14.7. The van der Waals surface area contributed by atoms with Gasteiger partial charge in [-0.25, -0.2) is 4.57 Å². The van der Waals surface area contributed by atoms with E-state index in [0.717, 1.165) is 28.1 Å². The van der Waals surface area contributed by atoms with E-state index in [9.17, 15) is 9.90 Å². The van der Waals surface area contributed by atoms with E-state index in [-0.39, 0.29) is 11.3 Å². The van der Waals surface area contributed by atoms with E-state index >= 15 is 0 Å². The van der Waals surface area contributed by atoms with Crippen molar-refractivity contribution in [3.8, 4) is 5.75 Å². The summed E-state index contributed by atoms with van der Waals surface area (Å²) in [5.41, 5.74) is 7.18. The molecule has 0 radical (unpaired) electrons. The maximum Gasteiger partial charge on any atom is 0.275 e. The molecule has 6 heteroatoms. The number of nitrogens with zero attached hydrogens (tertiary/aromatic N) is 2. The lowest BCUT2D eigenvalue weighted by molar-refractivity contribution is 0.475. The third-order valence-electron chi connectivity index (χ3n) is 4.81. The van der Waals surface area contributed by atoms with Crippen LogP contribution in [0.1, 0.15) is 16.7 Å². The van der Waals surface area contributed by atoms with Gasteiger partial charge in [-0.05, 0) is 23.8 Å². The van der Waals surface area contributed by atoms with Crippen molar-refractivity contribution in [2.75, 3.05) is 0 Å². The van der Waals surface area contributed by atoms with Gasteiger partial charge in [0.2, 0.25) is 4.80 Å². The van der Waals surface area contributed by atoms with Crippen LogP contribution in [0, 0.1) is 0 Å². The van der Waals surface area contributed by atoms with E-state index in [0.29, 0.717) is 9.33 Å². The quantitative estimate of drug-likeness (QED) is 0.545. The summed E-state index contributed by atoms with van der Waals surface area (Å²) < 4.78 is 2.21. The molecule has 0 fully saturated rings. The molecule has 0 atom stereocenters. The fourth-order valence-corrected chi connectivity index (χ4v) is 4.38. The maximum absolute atomic E-state index is 13.4. The number of hydrogen-bond acceptors (Lipinski definition) is 5. The standard InChI is InChI=1S/C24H17N3O2S/c28-19-13-7-8-16(14-19)15-20-23(29)27-22(18-11-5-2-6-12-18)21(25-26-24(27)30-20)17-9-3-1-4-10-17/h1-15,25,28H/b20-15-. The molecule has 0 aliphatic carbocycles. The number of aromatic nitrogens is 1. The molecule has 0 spiro atoms. The van der Waals surface area contributed by atoms with Crippen LogP contribution in [0.15, 0.2) is 94.8 Å². The lowest BCUT2D eigenvalue weighted by Gasteiger charge is -2.19. The second-order valence-corrected chi connectivity index (χ2v) is 7.82. The van der Waals surface area contributed by atoms with E-state index in [1.165, 1.54) is 11.3 Å². The predicted octanol–water partition coefficient (Wildman–Crippen LogP) is 2.96. The molecule has 3 aromatic carbocycles. The Morgan fingerprint density at radius 3 is 2.30 bits per heavy atom. The fourth-order valence-electron chi connectivity index (χ4n) is 3.46. The molecule has 2 heterocycles. The van der Waals surface area contributed by atoms with Crippen LogP contribution in [0.25, 0.3) is 17.5 Å². The van der Waals surface area contributed by atoms with Gasteiger partial charge in [-0.3, -0.25) is 10.2 Å². The molecule has 1 aliphatic rings. The molecule has 0 saturated carbocycles. The van der Waals surface area contributed by atoms with Crippen molar-refractivity contribution in [2.45, 2.75) is 0 Å². The van der Waals surface area contributed by atoms with Crippen LogP contribution in [-0.4, -0.2) is 9.67 Å². The van der Waals surface area contributed by atoms with Gasteiger partial charge in [0.15, 0.2) is 0 Å². The minimum atomic E-state index is -0.143. The smallest absolute Gasteiger partial charge is 0.275 e. The van der Waals surface area contributed by atoms with Crippen LogP contribution < -0.4 is 20.3 Å². The fraction of sp³-hybridized carbons (Fsp3) is 0. The zero-order valence-electron chi connectivity index (χ0n) is 15.8. The Bertz CT molecular complexity index is 1440. The molecule has 146 valence electrons. The van der Waals surface area contributed by atoms with Crippen molar-refractivity contribution in [1.29, 1.82) is 0 Å². The van der Waals surface area contributed by atoms with Crippen LogP contribution >= 0.6 is 11.3 Å². The normalized spacial score (nSPS) is 13.5. The third kappa shape index (κ3) is 3.23. The number of hydrogen-bond donors (Lipinski definition) is 2. The zero-order chi connectivity index (χ0) is 20.5. The number of phenols is 1. The average molecular weight is 411 g/mol. The van der Waals surface area contributed by atoms with Crippen molar-refractivity contribution in [3.05, 3.63) is 121 Å². The molecule has 0 amide bonds. The van der Waals surface area contributed by atoms with E-state index in [1.807, 2.05) is 66.7 Å². The summed E-state index contributed by atoms with van der Waals surface area (Å²) >= 11 is 1.31. The minimum Gasteiger partial charge on any atom is -0.508 e. The Kier molecular flexibility index (Phi) is 4.53. The molecule has 1 aliphatic heterocycles. The molecule has 1 aromatic heterocycles. The van der Waals surface area contributed by atoms with E-state index < -0.39 is 0 Å². The summed E-state index contributed by atoms with van der Waals surface area (Å²) in [7, 11) is 0. The number of benzene rings is 3. The second-order valence-electron chi connectivity index (χ2n) is 6.81. The summed E-state index contributed by atoms with van der Waals surface area (Å²) in [4.78, 5) is 14.0. The summed E-state index contributed by atoms with van der Waals surface area (Å²) in [5, 5.41) is 14.2. The molecule has 0 unspecified atom stereocenters. The van der Waals surface area contributed by atoms with Crippen LogP contribution in [0.2, 0.25) is 0 Å². The van der Waals surface area contributed by atoms with E-state index in [2.05, 4.69) is 10.5 Å². The molecule has 4 aromatic rings. The number of fused-ring (bicyclic) bond motifs is 1. The summed E-state index contributed by atoms with van der Waals surface area (Å²) in [6.45, 7) is 0. The first-order valence-corrected chi connectivity index (χ1v) is 10.2. The lowest BCUT2D eigenvalue weighted by atomic mass is 10.0. The molecule has 2 N–H and O–H groups in total. The van der Waals surface area contributed by atoms with Gasteiger partial charge in [0, 0.05) is 11.1 Å². The van der Waals surface area contributed by atoms with Crippen LogP contribution in [0.3, 0.4) is 0 Å². The van der Waals surface area contributed by atoms with Gasteiger partial charge in [0.05, 0.1) is 15.9 Å². The van der Waals surface area contributed by atoms with Gasteiger partial charge < -0.3 is 5.11 Å². The molecule has 5 nitrogen and oxygen atoms in total. The summed E-state index contributed by atoms with van der Waals surface area (Å²) in [6, 6.07) is 26.5.